The van der Waals surface area contributed by atoms with E-state index in [4.69, 9.17) is 19.9 Å². The van der Waals surface area contributed by atoms with Gasteiger partial charge in [-0.3, -0.25) is 0 Å². The van der Waals surface area contributed by atoms with Crippen LogP contribution in [0.25, 0.3) is 22.3 Å². The van der Waals surface area contributed by atoms with Gasteiger partial charge in [0.1, 0.15) is 0 Å². The molecule has 4 heteroatoms. The fourth-order valence-corrected chi connectivity index (χ4v) is 6.12. The van der Waals surface area contributed by atoms with Crippen LogP contribution in [0.1, 0.15) is 33.4 Å². The van der Waals surface area contributed by atoms with Gasteiger partial charge in [0.25, 0.3) is 0 Å². The fraction of sp³-hybridized carbons (Fsp3) is 0.250. The minimum atomic E-state index is -2.16. The van der Waals surface area contributed by atoms with Gasteiger partial charge in [0.2, 0.25) is 0 Å². The Kier molecular flexibility index (Phi) is 6.50. The van der Waals surface area contributed by atoms with Crippen LogP contribution in [0.5, 0.6) is 0 Å². The number of benzene rings is 3. The Labute approximate surface area is 181 Å². The Morgan fingerprint density at radius 1 is 0.643 bits per heavy atom. The molecule has 0 saturated heterocycles. The Morgan fingerprint density at radius 2 is 1.00 bits per heavy atom. The van der Waals surface area contributed by atoms with Crippen molar-refractivity contribution in [2.75, 3.05) is 4.23 Å². The summed E-state index contributed by atoms with van der Waals surface area (Å²) in [7, 11) is 12.7. The van der Waals surface area contributed by atoms with Gasteiger partial charge in [-0.1, -0.05) is 0 Å². The van der Waals surface area contributed by atoms with Crippen molar-refractivity contribution in [2.24, 2.45) is 0 Å². The van der Waals surface area contributed by atoms with Gasteiger partial charge in [-0.2, -0.15) is 0 Å². The van der Waals surface area contributed by atoms with Gasteiger partial charge in [0, 0.05) is 0 Å². The molecule has 0 aliphatic carbocycles. The second-order valence-corrected chi connectivity index (χ2v) is 13.5. The van der Waals surface area contributed by atoms with Crippen molar-refractivity contribution in [1.29, 1.82) is 0 Å². The number of hydrogen-bond donors (Lipinski definition) is 1. The van der Waals surface area contributed by atoms with E-state index in [0.29, 0.717) is 0 Å². The summed E-state index contributed by atoms with van der Waals surface area (Å²) in [6.45, 7) is 13.0. The van der Waals surface area contributed by atoms with E-state index in [0.717, 1.165) is 16.8 Å². The van der Waals surface area contributed by atoms with Crippen LogP contribution in [0, 0.1) is 41.5 Å². The molecule has 0 saturated carbocycles. The molecule has 0 atom stereocenters. The maximum atomic E-state index is 6.34. The van der Waals surface area contributed by atoms with Crippen molar-refractivity contribution in [2.45, 2.75) is 41.5 Å². The minimum absolute atomic E-state index is 1.04. The number of hydrogen-bond acceptors (Lipinski definition) is 1. The van der Waals surface area contributed by atoms with Crippen molar-refractivity contribution in [3.8, 4) is 22.3 Å². The first-order chi connectivity index (χ1) is 13.2. The Bertz CT molecular complexity index is 919. The monoisotopic (exact) mass is 473 g/mol. The fourth-order valence-electron chi connectivity index (χ4n) is 4.38. The first-order valence-corrected chi connectivity index (χ1v) is 15.2. The first kappa shape index (κ1) is 21.3. The van der Waals surface area contributed by atoms with Crippen LogP contribution < -0.4 is 4.23 Å². The van der Waals surface area contributed by atoms with Crippen LogP contribution in [-0.2, 0) is 0 Å². The molecule has 3 aromatic carbocycles. The average Bonchev–Trinajstić information content (AvgIpc) is 2.55. The average molecular weight is 474 g/mol. The Morgan fingerprint density at radius 3 is 1.32 bits per heavy atom. The molecule has 3 aromatic rings. The molecule has 0 aliphatic rings. The van der Waals surface area contributed by atoms with Crippen LogP contribution >= 0.6 is 19.9 Å². The normalized spacial score (nSPS) is 11.2. The SMILES string of the molecule is Cc1cc(C)c(-c2cccc(-c3c(C)cc(C)cc3C)c2N[As](Cl)Cl)c(C)c1. The van der Waals surface area contributed by atoms with Gasteiger partial charge in [-0.05, 0) is 0 Å². The summed E-state index contributed by atoms with van der Waals surface area (Å²) in [4.78, 5) is 0. The van der Waals surface area contributed by atoms with Crippen LogP contribution in [0.15, 0.2) is 42.5 Å². The van der Waals surface area contributed by atoms with Gasteiger partial charge in [-0.25, -0.2) is 0 Å². The van der Waals surface area contributed by atoms with Crippen LogP contribution in [0.2, 0.25) is 0 Å². The summed E-state index contributed by atoms with van der Waals surface area (Å²) in [6, 6.07) is 15.4. The molecule has 146 valence electrons. The molecule has 0 aromatic heterocycles. The van der Waals surface area contributed by atoms with E-state index >= 15 is 0 Å². The number of halogens is 2. The zero-order valence-corrected chi connectivity index (χ0v) is 20.6. The zero-order chi connectivity index (χ0) is 20.6. The van der Waals surface area contributed by atoms with E-state index in [1.54, 1.807) is 0 Å². The molecule has 0 bridgehead atoms. The first-order valence-electron chi connectivity index (χ1n) is 9.37. The molecule has 28 heavy (non-hydrogen) atoms. The Balaban J connectivity index is 2.35. The molecule has 0 heterocycles. The predicted molar refractivity (Wildman–Crippen MR) is 127 cm³/mol. The number of anilines is 1. The zero-order valence-electron chi connectivity index (χ0n) is 17.2. The van der Waals surface area contributed by atoms with E-state index in [2.05, 4.69) is 88.2 Å². The van der Waals surface area contributed by atoms with E-state index in [-0.39, 0.29) is 0 Å². The van der Waals surface area contributed by atoms with E-state index < -0.39 is 13.0 Å². The summed E-state index contributed by atoms with van der Waals surface area (Å²) in [5, 5.41) is 0. The molecule has 3 rings (SSSR count). The van der Waals surface area contributed by atoms with Crippen LogP contribution in [-0.4, -0.2) is 13.0 Å². The molecule has 0 amide bonds. The summed E-state index contributed by atoms with van der Waals surface area (Å²) in [6.07, 6.45) is 0. The van der Waals surface area contributed by atoms with Gasteiger partial charge in [0.05, 0.1) is 0 Å². The quantitative estimate of drug-likeness (QED) is 0.382. The predicted octanol–water partition coefficient (Wildman–Crippen LogP) is 7.75. The van der Waals surface area contributed by atoms with Crippen molar-refractivity contribution < 1.29 is 0 Å². The second kappa shape index (κ2) is 8.54. The second-order valence-electron chi connectivity index (χ2n) is 7.62. The number of aryl methyl sites for hydroxylation is 6. The molecule has 0 radical (unpaired) electrons. The van der Waals surface area contributed by atoms with Crippen LogP contribution in [0.4, 0.5) is 5.69 Å². The standard InChI is InChI=1S/C24H26AsCl2N/c1-14-10-16(3)22(17(4)11-14)20-8-7-9-21(24(20)28-25(26)27)23-18(5)12-15(2)13-19(23)6/h7-13,28H,1-6H3. The molecule has 0 aliphatic heterocycles. The van der Waals surface area contributed by atoms with E-state index in [1.807, 2.05) is 0 Å². The summed E-state index contributed by atoms with van der Waals surface area (Å²) in [5.41, 5.74) is 13.5. The van der Waals surface area contributed by atoms with Crippen LogP contribution in [0.3, 0.4) is 0 Å². The summed E-state index contributed by atoms with van der Waals surface area (Å²) < 4.78 is 3.45. The maximum absolute atomic E-state index is 6.34. The van der Waals surface area contributed by atoms with Crippen molar-refractivity contribution in [3.63, 3.8) is 0 Å². The third kappa shape index (κ3) is 4.28. The third-order valence-electron chi connectivity index (χ3n) is 5.15. The van der Waals surface area contributed by atoms with Crippen molar-refractivity contribution >= 4 is 38.6 Å². The molecular weight excluding hydrogens is 448 g/mol. The van der Waals surface area contributed by atoms with E-state index in [1.165, 1.54) is 44.5 Å². The third-order valence-corrected chi connectivity index (χ3v) is 6.86. The van der Waals surface area contributed by atoms with Crippen molar-refractivity contribution in [3.05, 3.63) is 75.8 Å². The number of rotatable bonds is 4. The molecule has 1 N–H and O–H groups in total. The molecular formula is C24H26AsCl2N. The number of para-hydroxylation sites is 1. The molecule has 0 fully saturated rings. The molecule has 0 unspecified atom stereocenters. The van der Waals surface area contributed by atoms with Gasteiger partial charge >= 0.3 is 182 Å². The van der Waals surface area contributed by atoms with Gasteiger partial charge in [-0.15, -0.1) is 0 Å². The summed E-state index contributed by atoms with van der Waals surface area (Å²) >= 11 is -2.16. The Hall–Kier alpha value is -1.40. The van der Waals surface area contributed by atoms with Crippen molar-refractivity contribution in [1.82, 2.24) is 0 Å². The van der Waals surface area contributed by atoms with Gasteiger partial charge in [0.15, 0.2) is 0 Å². The van der Waals surface area contributed by atoms with Gasteiger partial charge < -0.3 is 0 Å². The topological polar surface area (TPSA) is 12.0 Å². The summed E-state index contributed by atoms with van der Waals surface area (Å²) in [5.74, 6) is 0. The van der Waals surface area contributed by atoms with E-state index in [9.17, 15) is 0 Å². The number of nitrogens with one attached hydrogen (secondary N) is 1. The molecule has 0 spiro atoms. The molecule has 1 nitrogen and oxygen atoms in total.